The number of fused-ring (bicyclic) bond motifs is 1. The largest absolute Gasteiger partial charge is 0.497 e. The first-order valence-corrected chi connectivity index (χ1v) is 11.4. The van der Waals surface area contributed by atoms with Gasteiger partial charge in [-0.25, -0.2) is 0 Å². The molecule has 0 spiro atoms. The maximum absolute atomic E-state index is 13.1. The summed E-state index contributed by atoms with van der Waals surface area (Å²) < 4.78 is 10.6. The van der Waals surface area contributed by atoms with E-state index in [0.29, 0.717) is 37.6 Å². The number of ether oxygens (including phenoxy) is 1. The van der Waals surface area contributed by atoms with Crippen LogP contribution in [0.2, 0.25) is 0 Å². The molecule has 7 heteroatoms. The zero-order chi connectivity index (χ0) is 22.1. The minimum absolute atomic E-state index is 0.00421. The number of methoxy groups -OCH3 is 1. The van der Waals surface area contributed by atoms with E-state index in [9.17, 15) is 9.59 Å². The number of aromatic amines is 1. The molecule has 2 amide bonds. The molecule has 0 radical (unpaired) electrons. The number of benzene rings is 1. The van der Waals surface area contributed by atoms with Crippen molar-refractivity contribution < 1.29 is 18.7 Å². The molecular weight excluding hydrogens is 406 g/mol. The Morgan fingerprint density at radius 2 is 1.78 bits per heavy atom. The molecule has 7 nitrogen and oxygen atoms in total. The zero-order valence-electron chi connectivity index (χ0n) is 18.4. The average molecular weight is 436 g/mol. The molecule has 3 aromatic rings. The van der Waals surface area contributed by atoms with Crippen LogP contribution in [0.1, 0.15) is 47.7 Å². The number of furan rings is 1. The summed E-state index contributed by atoms with van der Waals surface area (Å²) in [6.07, 6.45) is 6.98. The predicted octanol–water partition coefficient (Wildman–Crippen LogP) is 4.03. The van der Waals surface area contributed by atoms with E-state index in [1.54, 1.807) is 24.1 Å². The normalized spacial score (nSPS) is 18.3. The summed E-state index contributed by atoms with van der Waals surface area (Å²) >= 11 is 0. The van der Waals surface area contributed by atoms with E-state index in [1.807, 2.05) is 11.0 Å². The van der Waals surface area contributed by atoms with Crippen LogP contribution < -0.4 is 4.74 Å². The summed E-state index contributed by atoms with van der Waals surface area (Å²) in [5, 5.41) is 1.21. The topological polar surface area (TPSA) is 78.8 Å². The van der Waals surface area contributed by atoms with Gasteiger partial charge in [-0.05, 0) is 67.5 Å². The third kappa shape index (κ3) is 3.87. The molecule has 1 aromatic carbocycles. The minimum atomic E-state index is -0.0860. The molecular formula is C25H29N3O4. The molecule has 168 valence electrons. The van der Waals surface area contributed by atoms with Crippen LogP contribution in [-0.4, -0.2) is 59.9 Å². The first kappa shape index (κ1) is 20.7. The molecule has 5 rings (SSSR count). The van der Waals surface area contributed by atoms with E-state index >= 15 is 0 Å². The number of amides is 2. The van der Waals surface area contributed by atoms with Gasteiger partial charge in [0.25, 0.3) is 5.91 Å². The van der Waals surface area contributed by atoms with Crippen LogP contribution in [0.3, 0.4) is 0 Å². The Hall–Kier alpha value is -3.22. The van der Waals surface area contributed by atoms with E-state index in [1.165, 1.54) is 17.2 Å². The quantitative estimate of drug-likeness (QED) is 0.671. The Morgan fingerprint density at radius 1 is 1.03 bits per heavy atom. The van der Waals surface area contributed by atoms with Crippen molar-refractivity contribution >= 4 is 22.7 Å². The van der Waals surface area contributed by atoms with Gasteiger partial charge >= 0.3 is 0 Å². The van der Waals surface area contributed by atoms with Crippen molar-refractivity contribution in [1.82, 2.24) is 14.8 Å². The Balaban J connectivity index is 1.16. The predicted molar refractivity (Wildman–Crippen MR) is 121 cm³/mol. The van der Waals surface area contributed by atoms with Gasteiger partial charge in [-0.2, -0.15) is 0 Å². The molecule has 2 fully saturated rings. The van der Waals surface area contributed by atoms with Gasteiger partial charge in [0.1, 0.15) is 5.75 Å². The molecule has 2 aliphatic rings. The number of hydrogen-bond donors (Lipinski definition) is 1. The number of carbonyl (C=O) groups is 2. The van der Waals surface area contributed by atoms with Gasteiger partial charge in [0, 0.05) is 49.2 Å². The number of hydrogen-bond acceptors (Lipinski definition) is 4. The Labute approximate surface area is 187 Å². The maximum atomic E-state index is 13.1. The third-order valence-corrected chi connectivity index (χ3v) is 7.03. The summed E-state index contributed by atoms with van der Waals surface area (Å²) in [6, 6.07) is 9.53. The Kier molecular flexibility index (Phi) is 5.64. The number of H-pyrrole nitrogens is 1. The number of nitrogens with zero attached hydrogens (tertiary/aromatic N) is 2. The van der Waals surface area contributed by atoms with Gasteiger partial charge in [-0.1, -0.05) is 0 Å². The van der Waals surface area contributed by atoms with Gasteiger partial charge in [0.05, 0.1) is 13.4 Å². The van der Waals surface area contributed by atoms with Crippen molar-refractivity contribution in [2.75, 3.05) is 33.3 Å². The first-order chi connectivity index (χ1) is 15.6. The smallest absolute Gasteiger partial charge is 0.289 e. The molecule has 0 unspecified atom stereocenters. The highest BCUT2D eigenvalue weighted by Gasteiger charge is 2.33. The van der Waals surface area contributed by atoms with E-state index in [-0.39, 0.29) is 17.7 Å². The fourth-order valence-electron chi connectivity index (χ4n) is 5.14. The number of carbonyl (C=O) groups excluding carboxylic acids is 2. The third-order valence-electron chi connectivity index (χ3n) is 7.03. The van der Waals surface area contributed by atoms with Crippen LogP contribution in [0, 0.1) is 5.92 Å². The van der Waals surface area contributed by atoms with Crippen LogP contribution in [0.5, 0.6) is 5.75 Å². The molecule has 0 bridgehead atoms. The first-order valence-electron chi connectivity index (χ1n) is 11.4. The van der Waals surface area contributed by atoms with Gasteiger partial charge in [0.15, 0.2) is 5.76 Å². The lowest BCUT2D eigenvalue weighted by atomic mass is 9.87. The molecule has 2 aromatic heterocycles. The van der Waals surface area contributed by atoms with E-state index in [0.717, 1.165) is 37.2 Å². The summed E-state index contributed by atoms with van der Waals surface area (Å²) in [7, 11) is 1.69. The number of rotatable bonds is 4. The number of likely N-dealkylation sites (tertiary alicyclic amines) is 2. The highest BCUT2D eigenvalue weighted by molar-refractivity contribution is 5.91. The zero-order valence-corrected chi connectivity index (χ0v) is 18.4. The van der Waals surface area contributed by atoms with Crippen molar-refractivity contribution in [2.24, 2.45) is 5.92 Å². The average Bonchev–Trinajstić information content (AvgIpc) is 3.53. The molecule has 0 saturated carbocycles. The molecule has 0 aliphatic carbocycles. The van der Waals surface area contributed by atoms with Crippen molar-refractivity contribution in [2.45, 2.75) is 31.6 Å². The van der Waals surface area contributed by atoms with Crippen molar-refractivity contribution in [1.29, 1.82) is 0 Å². The molecule has 0 atom stereocenters. The summed E-state index contributed by atoms with van der Waals surface area (Å²) in [5.74, 6) is 1.83. The van der Waals surface area contributed by atoms with Crippen molar-refractivity contribution in [3.05, 3.63) is 54.1 Å². The Morgan fingerprint density at radius 3 is 2.47 bits per heavy atom. The lowest BCUT2D eigenvalue weighted by Gasteiger charge is -2.37. The lowest BCUT2D eigenvalue weighted by Crippen LogP contribution is -2.46. The second-order valence-electron chi connectivity index (χ2n) is 8.80. The fraction of sp³-hybridized carbons (Fsp3) is 0.440. The van der Waals surface area contributed by atoms with Gasteiger partial charge in [-0.3, -0.25) is 9.59 Å². The highest BCUT2D eigenvalue weighted by Crippen LogP contribution is 2.35. The second kappa shape index (κ2) is 8.73. The minimum Gasteiger partial charge on any atom is -0.497 e. The van der Waals surface area contributed by atoms with Crippen LogP contribution in [0.4, 0.5) is 0 Å². The number of piperidine rings is 2. The lowest BCUT2D eigenvalue weighted by molar-refractivity contribution is -0.138. The van der Waals surface area contributed by atoms with Crippen molar-refractivity contribution in [3.8, 4) is 5.75 Å². The van der Waals surface area contributed by atoms with Gasteiger partial charge in [-0.15, -0.1) is 0 Å². The number of aromatic nitrogens is 1. The van der Waals surface area contributed by atoms with E-state index in [2.05, 4.69) is 23.3 Å². The summed E-state index contributed by atoms with van der Waals surface area (Å²) in [4.78, 5) is 32.8. The second-order valence-corrected chi connectivity index (χ2v) is 8.80. The fourth-order valence-corrected chi connectivity index (χ4v) is 5.14. The molecule has 1 N–H and O–H groups in total. The molecule has 32 heavy (non-hydrogen) atoms. The van der Waals surface area contributed by atoms with Crippen LogP contribution >= 0.6 is 0 Å². The summed E-state index contributed by atoms with van der Waals surface area (Å²) in [6.45, 7) is 2.77. The van der Waals surface area contributed by atoms with Crippen LogP contribution in [0.25, 0.3) is 10.9 Å². The number of nitrogens with one attached hydrogen (secondary N) is 1. The molecule has 2 aliphatic heterocycles. The monoisotopic (exact) mass is 435 g/mol. The van der Waals surface area contributed by atoms with Crippen LogP contribution in [-0.2, 0) is 4.79 Å². The Bertz CT molecular complexity index is 1090. The summed E-state index contributed by atoms with van der Waals surface area (Å²) in [5.41, 5.74) is 2.44. The standard InChI is InChI=1S/C25H29N3O4/c1-31-19-4-5-22-20(15-19)21(16-26-22)17-6-10-27(11-7-17)24(29)18-8-12-28(13-9-18)25(30)23-3-2-14-32-23/h2-5,14-18,26H,6-13H2,1H3. The van der Waals surface area contributed by atoms with Gasteiger partial charge < -0.3 is 23.9 Å². The van der Waals surface area contributed by atoms with E-state index < -0.39 is 0 Å². The molecule has 2 saturated heterocycles. The SMILES string of the molecule is COc1ccc2[nH]cc(C3CCN(C(=O)C4CCN(C(=O)c5ccco5)CC4)CC3)c2c1. The van der Waals surface area contributed by atoms with Crippen molar-refractivity contribution in [3.63, 3.8) is 0 Å². The van der Waals surface area contributed by atoms with E-state index in [4.69, 9.17) is 9.15 Å². The maximum Gasteiger partial charge on any atom is 0.289 e. The van der Waals surface area contributed by atoms with Gasteiger partial charge in [0.2, 0.25) is 5.91 Å². The van der Waals surface area contributed by atoms with Crippen LogP contribution in [0.15, 0.2) is 47.2 Å². The highest BCUT2D eigenvalue weighted by atomic mass is 16.5. The molecule has 4 heterocycles.